The Morgan fingerprint density at radius 3 is 2.86 bits per heavy atom. The molecule has 0 bridgehead atoms. The molecule has 0 aliphatic carbocycles. The Kier molecular flexibility index (Phi) is 4.43. The standard InChI is InChI=1S/C16H16BrNO3/c17-13-3-1-2-11(6-13)8-18-9-14(19)12-4-5-15-16(7-12)21-10-20-15/h1-7,14,18-19H,8-10H2. The first-order valence-electron chi connectivity index (χ1n) is 6.75. The molecule has 1 heterocycles. The van der Waals surface area contributed by atoms with Crippen LogP contribution in [0.1, 0.15) is 17.2 Å². The molecule has 1 unspecified atom stereocenters. The Balaban J connectivity index is 1.55. The van der Waals surface area contributed by atoms with Gasteiger partial charge in [0, 0.05) is 17.6 Å². The number of hydrogen-bond acceptors (Lipinski definition) is 4. The predicted octanol–water partition coefficient (Wildman–Crippen LogP) is 3.00. The largest absolute Gasteiger partial charge is 0.454 e. The van der Waals surface area contributed by atoms with Gasteiger partial charge in [-0.3, -0.25) is 0 Å². The first-order valence-corrected chi connectivity index (χ1v) is 7.54. The summed E-state index contributed by atoms with van der Waals surface area (Å²) in [5.41, 5.74) is 1.99. The topological polar surface area (TPSA) is 50.7 Å². The summed E-state index contributed by atoms with van der Waals surface area (Å²) in [4.78, 5) is 0. The fourth-order valence-corrected chi connectivity index (χ4v) is 2.69. The third-order valence-corrected chi connectivity index (χ3v) is 3.83. The number of benzene rings is 2. The highest BCUT2D eigenvalue weighted by Gasteiger charge is 2.16. The van der Waals surface area contributed by atoms with Crippen LogP contribution in [0, 0.1) is 0 Å². The van der Waals surface area contributed by atoms with Crippen molar-refractivity contribution in [3.63, 3.8) is 0 Å². The second-order valence-electron chi connectivity index (χ2n) is 4.89. The van der Waals surface area contributed by atoms with Gasteiger partial charge < -0.3 is 19.9 Å². The predicted molar refractivity (Wildman–Crippen MR) is 83.4 cm³/mol. The van der Waals surface area contributed by atoms with Gasteiger partial charge in [-0.1, -0.05) is 34.1 Å². The molecule has 1 aliphatic heterocycles. The highest BCUT2D eigenvalue weighted by Crippen LogP contribution is 2.34. The molecular weight excluding hydrogens is 334 g/mol. The number of aliphatic hydroxyl groups is 1. The minimum Gasteiger partial charge on any atom is -0.454 e. The van der Waals surface area contributed by atoms with Gasteiger partial charge in [-0.15, -0.1) is 0 Å². The Labute approximate surface area is 131 Å². The molecule has 3 rings (SSSR count). The highest BCUT2D eigenvalue weighted by molar-refractivity contribution is 9.10. The van der Waals surface area contributed by atoms with Crippen molar-refractivity contribution in [1.82, 2.24) is 5.32 Å². The van der Waals surface area contributed by atoms with Crippen molar-refractivity contribution in [3.8, 4) is 11.5 Å². The van der Waals surface area contributed by atoms with E-state index in [1.165, 1.54) is 5.56 Å². The number of ether oxygens (including phenoxy) is 2. The van der Waals surface area contributed by atoms with Crippen LogP contribution < -0.4 is 14.8 Å². The van der Waals surface area contributed by atoms with E-state index in [-0.39, 0.29) is 6.79 Å². The van der Waals surface area contributed by atoms with E-state index < -0.39 is 6.10 Å². The summed E-state index contributed by atoms with van der Waals surface area (Å²) in [5, 5.41) is 13.5. The molecule has 2 N–H and O–H groups in total. The van der Waals surface area contributed by atoms with E-state index >= 15 is 0 Å². The molecular formula is C16H16BrNO3. The number of hydrogen-bond donors (Lipinski definition) is 2. The Hall–Kier alpha value is -1.56. The molecule has 21 heavy (non-hydrogen) atoms. The van der Waals surface area contributed by atoms with Crippen LogP contribution >= 0.6 is 15.9 Å². The molecule has 0 saturated heterocycles. The molecule has 110 valence electrons. The van der Waals surface area contributed by atoms with Gasteiger partial charge in [0.15, 0.2) is 11.5 Å². The van der Waals surface area contributed by atoms with E-state index in [0.717, 1.165) is 15.8 Å². The quantitative estimate of drug-likeness (QED) is 0.871. The van der Waals surface area contributed by atoms with Gasteiger partial charge in [0.05, 0.1) is 6.10 Å². The first kappa shape index (κ1) is 14.4. The van der Waals surface area contributed by atoms with Crippen molar-refractivity contribution < 1.29 is 14.6 Å². The molecule has 1 atom stereocenters. The molecule has 5 heteroatoms. The summed E-state index contributed by atoms with van der Waals surface area (Å²) in [6.07, 6.45) is -0.577. The van der Waals surface area contributed by atoms with E-state index in [1.807, 2.05) is 36.4 Å². The van der Waals surface area contributed by atoms with Crippen molar-refractivity contribution in [2.75, 3.05) is 13.3 Å². The Morgan fingerprint density at radius 2 is 2.00 bits per heavy atom. The molecule has 0 amide bonds. The second-order valence-corrected chi connectivity index (χ2v) is 5.80. The van der Waals surface area contributed by atoms with Crippen molar-refractivity contribution >= 4 is 15.9 Å². The molecule has 0 aromatic heterocycles. The minimum atomic E-state index is -0.577. The molecule has 0 radical (unpaired) electrons. The van der Waals surface area contributed by atoms with Gasteiger partial charge in [0.2, 0.25) is 6.79 Å². The summed E-state index contributed by atoms with van der Waals surface area (Å²) in [6, 6.07) is 13.6. The molecule has 2 aromatic rings. The zero-order valence-corrected chi connectivity index (χ0v) is 13.0. The van der Waals surface area contributed by atoms with E-state index in [1.54, 1.807) is 0 Å². The number of halogens is 1. The van der Waals surface area contributed by atoms with Gasteiger partial charge in [-0.25, -0.2) is 0 Å². The number of fused-ring (bicyclic) bond motifs is 1. The van der Waals surface area contributed by atoms with Crippen LogP contribution in [-0.4, -0.2) is 18.4 Å². The lowest BCUT2D eigenvalue weighted by Gasteiger charge is -2.13. The van der Waals surface area contributed by atoms with E-state index in [4.69, 9.17) is 9.47 Å². The van der Waals surface area contributed by atoms with E-state index in [0.29, 0.717) is 18.8 Å². The zero-order valence-electron chi connectivity index (χ0n) is 11.4. The maximum Gasteiger partial charge on any atom is 0.231 e. The summed E-state index contributed by atoms with van der Waals surface area (Å²) in [5.74, 6) is 1.42. The van der Waals surface area contributed by atoms with Crippen LogP contribution in [0.2, 0.25) is 0 Å². The lowest BCUT2D eigenvalue weighted by atomic mass is 10.1. The minimum absolute atomic E-state index is 0.246. The lowest BCUT2D eigenvalue weighted by molar-refractivity contribution is 0.170. The maximum atomic E-state index is 10.2. The van der Waals surface area contributed by atoms with Crippen molar-refractivity contribution in [2.45, 2.75) is 12.6 Å². The molecule has 0 saturated carbocycles. The summed E-state index contributed by atoms with van der Waals surface area (Å²) < 4.78 is 11.6. The molecule has 0 spiro atoms. The summed E-state index contributed by atoms with van der Waals surface area (Å²) >= 11 is 3.45. The zero-order chi connectivity index (χ0) is 14.7. The summed E-state index contributed by atoms with van der Waals surface area (Å²) in [6.45, 7) is 1.43. The third-order valence-electron chi connectivity index (χ3n) is 3.34. The Morgan fingerprint density at radius 1 is 1.14 bits per heavy atom. The molecule has 2 aromatic carbocycles. The van der Waals surface area contributed by atoms with Crippen molar-refractivity contribution in [3.05, 3.63) is 58.1 Å². The molecule has 4 nitrogen and oxygen atoms in total. The van der Waals surface area contributed by atoms with Gasteiger partial charge in [-0.2, -0.15) is 0 Å². The highest BCUT2D eigenvalue weighted by atomic mass is 79.9. The van der Waals surface area contributed by atoms with Crippen molar-refractivity contribution in [2.24, 2.45) is 0 Å². The smallest absolute Gasteiger partial charge is 0.231 e. The van der Waals surface area contributed by atoms with Gasteiger partial charge in [-0.05, 0) is 35.4 Å². The number of aliphatic hydroxyl groups excluding tert-OH is 1. The first-order chi connectivity index (χ1) is 10.2. The molecule has 1 aliphatic rings. The van der Waals surface area contributed by atoms with Crippen LogP contribution in [0.25, 0.3) is 0 Å². The van der Waals surface area contributed by atoms with E-state index in [9.17, 15) is 5.11 Å². The molecule has 0 fully saturated rings. The second kappa shape index (κ2) is 6.47. The normalized spacial score (nSPS) is 14.2. The average Bonchev–Trinajstić information content (AvgIpc) is 2.94. The monoisotopic (exact) mass is 349 g/mol. The summed E-state index contributed by atoms with van der Waals surface area (Å²) in [7, 11) is 0. The fraction of sp³-hybridized carbons (Fsp3) is 0.250. The van der Waals surface area contributed by atoms with Crippen molar-refractivity contribution in [1.29, 1.82) is 0 Å². The average molecular weight is 350 g/mol. The van der Waals surface area contributed by atoms with Gasteiger partial charge in [0.25, 0.3) is 0 Å². The SMILES string of the molecule is OC(CNCc1cccc(Br)c1)c1ccc2c(c1)OCO2. The maximum absolute atomic E-state index is 10.2. The van der Waals surface area contributed by atoms with Crippen LogP contribution in [0.15, 0.2) is 46.9 Å². The van der Waals surface area contributed by atoms with Crippen LogP contribution in [-0.2, 0) is 6.54 Å². The number of rotatable bonds is 5. The van der Waals surface area contributed by atoms with Gasteiger partial charge >= 0.3 is 0 Å². The Bertz CT molecular complexity index is 633. The number of nitrogens with one attached hydrogen (secondary N) is 1. The van der Waals surface area contributed by atoms with E-state index in [2.05, 4.69) is 27.3 Å². The van der Waals surface area contributed by atoms with Crippen LogP contribution in [0.5, 0.6) is 11.5 Å². The van der Waals surface area contributed by atoms with Gasteiger partial charge in [0.1, 0.15) is 0 Å². The van der Waals surface area contributed by atoms with Crippen LogP contribution in [0.3, 0.4) is 0 Å². The lowest BCUT2D eigenvalue weighted by Crippen LogP contribution is -2.21. The fourth-order valence-electron chi connectivity index (χ4n) is 2.24. The third kappa shape index (κ3) is 3.56. The van der Waals surface area contributed by atoms with Crippen LogP contribution in [0.4, 0.5) is 0 Å².